The van der Waals surface area contributed by atoms with Crippen LogP contribution in [0.1, 0.15) is 11.1 Å². The third-order valence-electron chi connectivity index (χ3n) is 6.80. The zero-order chi connectivity index (χ0) is 28.2. The highest BCUT2D eigenvalue weighted by atomic mass is 32.2. The van der Waals surface area contributed by atoms with Crippen molar-refractivity contribution in [2.24, 2.45) is 0 Å². The quantitative estimate of drug-likeness (QED) is 0.225. The van der Waals surface area contributed by atoms with Crippen molar-refractivity contribution in [2.45, 2.75) is 13.1 Å². The largest absolute Gasteiger partial charge is 0.340 e. The molecule has 0 unspecified atom stereocenters. The van der Waals surface area contributed by atoms with Crippen molar-refractivity contribution in [1.29, 1.82) is 0 Å². The van der Waals surface area contributed by atoms with E-state index in [1.165, 1.54) is 18.1 Å². The van der Waals surface area contributed by atoms with Gasteiger partial charge in [0.2, 0.25) is 0 Å². The summed E-state index contributed by atoms with van der Waals surface area (Å²) in [5, 5.41) is 13.1. The molecule has 0 saturated carbocycles. The smallest absolute Gasteiger partial charge is 0.148 e. The Balaban J connectivity index is 1.23. The SMILES string of the molecule is CS(=O)(=O)CCNCc1cccc(-c2cc3c(Nc4ccc5c(cnn5Cc5ccccc5)c4)ncnc3cn2)c1. The van der Waals surface area contributed by atoms with E-state index in [-0.39, 0.29) is 5.75 Å². The highest BCUT2D eigenvalue weighted by Crippen LogP contribution is 2.28. The number of pyridine rings is 1. The predicted octanol–water partition coefficient (Wildman–Crippen LogP) is 4.97. The zero-order valence-electron chi connectivity index (χ0n) is 22.5. The van der Waals surface area contributed by atoms with Crippen LogP contribution in [0.2, 0.25) is 0 Å². The number of fused-ring (bicyclic) bond motifs is 2. The van der Waals surface area contributed by atoms with Gasteiger partial charge in [-0.15, -0.1) is 0 Å². The second-order valence-electron chi connectivity index (χ2n) is 10.0. The molecule has 0 amide bonds. The first-order valence-corrected chi connectivity index (χ1v) is 15.3. The molecule has 0 aliphatic rings. The summed E-state index contributed by atoms with van der Waals surface area (Å²) in [7, 11) is -2.99. The van der Waals surface area contributed by atoms with Gasteiger partial charge in [-0.25, -0.2) is 18.4 Å². The van der Waals surface area contributed by atoms with E-state index in [1.807, 2.05) is 59.4 Å². The van der Waals surface area contributed by atoms with Gasteiger partial charge in [-0.05, 0) is 41.5 Å². The van der Waals surface area contributed by atoms with E-state index in [0.29, 0.717) is 25.5 Å². The second-order valence-corrected chi connectivity index (χ2v) is 12.3. The lowest BCUT2D eigenvalue weighted by molar-refractivity contribution is 0.596. The number of hydrogen-bond donors (Lipinski definition) is 2. The fraction of sp³-hybridized carbons (Fsp3) is 0.161. The average Bonchev–Trinajstić information content (AvgIpc) is 3.37. The highest BCUT2D eigenvalue weighted by molar-refractivity contribution is 7.90. The van der Waals surface area contributed by atoms with E-state index in [0.717, 1.165) is 44.3 Å². The maximum Gasteiger partial charge on any atom is 0.148 e. The van der Waals surface area contributed by atoms with Crippen LogP contribution in [0.3, 0.4) is 0 Å². The number of hydrogen-bond acceptors (Lipinski definition) is 8. The van der Waals surface area contributed by atoms with E-state index < -0.39 is 9.84 Å². The van der Waals surface area contributed by atoms with Crippen LogP contribution in [-0.2, 0) is 22.9 Å². The Bertz CT molecular complexity index is 1940. The van der Waals surface area contributed by atoms with Crippen molar-refractivity contribution in [3.8, 4) is 11.3 Å². The number of aromatic nitrogens is 5. The third-order valence-corrected chi connectivity index (χ3v) is 7.75. The predicted molar refractivity (Wildman–Crippen MR) is 163 cm³/mol. The van der Waals surface area contributed by atoms with Gasteiger partial charge in [0.05, 0.1) is 41.4 Å². The average molecular weight is 564 g/mol. The van der Waals surface area contributed by atoms with Gasteiger partial charge in [-0.1, -0.05) is 48.5 Å². The van der Waals surface area contributed by atoms with E-state index in [1.54, 1.807) is 6.20 Å². The lowest BCUT2D eigenvalue weighted by Crippen LogP contribution is -2.21. The molecule has 41 heavy (non-hydrogen) atoms. The van der Waals surface area contributed by atoms with Gasteiger partial charge in [-0.2, -0.15) is 5.10 Å². The minimum Gasteiger partial charge on any atom is -0.340 e. The molecular weight excluding hydrogens is 534 g/mol. The Labute approximate surface area is 238 Å². The number of nitrogens with zero attached hydrogens (tertiary/aromatic N) is 5. The molecule has 206 valence electrons. The highest BCUT2D eigenvalue weighted by Gasteiger charge is 2.10. The Hall–Kier alpha value is -4.67. The van der Waals surface area contributed by atoms with Crippen LogP contribution in [-0.4, -0.2) is 51.7 Å². The number of nitrogens with one attached hydrogen (secondary N) is 2. The van der Waals surface area contributed by atoms with Crippen LogP contribution >= 0.6 is 0 Å². The topological polar surface area (TPSA) is 115 Å². The summed E-state index contributed by atoms with van der Waals surface area (Å²) in [6.07, 6.45) is 6.41. The molecule has 3 heterocycles. The maximum absolute atomic E-state index is 11.4. The molecule has 6 aromatic rings. The molecule has 3 aromatic heterocycles. The molecule has 3 aromatic carbocycles. The molecular formula is C31H29N7O2S. The number of sulfone groups is 1. The standard InChI is InChI=1S/C31H29N7O2S/c1-41(39,40)13-12-32-17-23-8-5-9-24(14-23)28-16-27-29(19-33-28)34-21-35-31(27)37-26-10-11-30-25(15-26)18-36-38(30)20-22-6-3-2-4-7-22/h2-11,14-16,18-19,21,32H,12-13,17,20H2,1H3,(H,34,35,37). The van der Waals surface area contributed by atoms with Crippen LogP contribution in [0.5, 0.6) is 0 Å². The summed E-state index contributed by atoms with van der Waals surface area (Å²) in [5.74, 6) is 0.797. The first-order chi connectivity index (χ1) is 19.9. The van der Waals surface area contributed by atoms with Gasteiger partial charge in [0.1, 0.15) is 22.0 Å². The summed E-state index contributed by atoms with van der Waals surface area (Å²) in [6.45, 7) is 1.68. The minimum atomic E-state index is -2.99. The van der Waals surface area contributed by atoms with Crippen molar-refractivity contribution >= 4 is 43.1 Å². The fourth-order valence-corrected chi connectivity index (χ4v) is 5.25. The molecule has 9 nitrogen and oxygen atoms in total. The Morgan fingerprint density at radius 1 is 0.854 bits per heavy atom. The van der Waals surface area contributed by atoms with Crippen LogP contribution in [0, 0.1) is 0 Å². The molecule has 0 bridgehead atoms. The van der Waals surface area contributed by atoms with Gasteiger partial charge in [0.15, 0.2) is 0 Å². The molecule has 0 saturated heterocycles. The van der Waals surface area contributed by atoms with Gasteiger partial charge in [0.25, 0.3) is 0 Å². The maximum atomic E-state index is 11.4. The summed E-state index contributed by atoms with van der Waals surface area (Å²) in [6, 6.07) is 26.5. The number of anilines is 2. The van der Waals surface area contributed by atoms with Crippen molar-refractivity contribution in [2.75, 3.05) is 23.9 Å². The van der Waals surface area contributed by atoms with Gasteiger partial charge >= 0.3 is 0 Å². The molecule has 10 heteroatoms. The molecule has 0 aliphatic carbocycles. The molecule has 0 fully saturated rings. The van der Waals surface area contributed by atoms with Crippen molar-refractivity contribution in [1.82, 2.24) is 30.0 Å². The number of rotatable bonds is 10. The van der Waals surface area contributed by atoms with Crippen LogP contribution in [0.15, 0.2) is 97.6 Å². The van der Waals surface area contributed by atoms with Crippen molar-refractivity contribution < 1.29 is 8.42 Å². The van der Waals surface area contributed by atoms with E-state index in [9.17, 15) is 8.42 Å². The third kappa shape index (κ3) is 6.40. The van der Waals surface area contributed by atoms with E-state index >= 15 is 0 Å². The summed E-state index contributed by atoms with van der Waals surface area (Å²) < 4.78 is 24.8. The summed E-state index contributed by atoms with van der Waals surface area (Å²) in [4.78, 5) is 13.6. The van der Waals surface area contributed by atoms with Crippen LogP contribution in [0.4, 0.5) is 11.5 Å². The molecule has 0 radical (unpaired) electrons. The Kier molecular flexibility index (Phi) is 7.41. The first-order valence-electron chi connectivity index (χ1n) is 13.3. The minimum absolute atomic E-state index is 0.109. The molecule has 0 aliphatic heterocycles. The number of benzene rings is 3. The Morgan fingerprint density at radius 3 is 2.56 bits per heavy atom. The summed E-state index contributed by atoms with van der Waals surface area (Å²) in [5.41, 5.74) is 6.69. The summed E-state index contributed by atoms with van der Waals surface area (Å²) >= 11 is 0. The molecule has 0 spiro atoms. The molecule has 6 rings (SSSR count). The molecule has 2 N–H and O–H groups in total. The van der Waals surface area contributed by atoms with Gasteiger partial charge in [0, 0.05) is 41.4 Å². The van der Waals surface area contributed by atoms with Crippen LogP contribution in [0.25, 0.3) is 33.1 Å². The zero-order valence-corrected chi connectivity index (χ0v) is 23.3. The molecule has 0 atom stereocenters. The fourth-order valence-electron chi connectivity index (χ4n) is 4.73. The first kappa shape index (κ1) is 26.5. The van der Waals surface area contributed by atoms with Crippen LogP contribution < -0.4 is 10.6 Å². The van der Waals surface area contributed by atoms with Gasteiger partial charge < -0.3 is 10.6 Å². The monoisotopic (exact) mass is 563 g/mol. The van der Waals surface area contributed by atoms with E-state index in [4.69, 9.17) is 0 Å². The second kappa shape index (κ2) is 11.4. The lowest BCUT2D eigenvalue weighted by atomic mass is 10.1. The normalized spacial score (nSPS) is 11.7. The lowest BCUT2D eigenvalue weighted by Gasteiger charge is -2.11. The van der Waals surface area contributed by atoms with Crippen molar-refractivity contribution in [3.63, 3.8) is 0 Å². The van der Waals surface area contributed by atoms with Crippen molar-refractivity contribution in [3.05, 3.63) is 109 Å². The van der Waals surface area contributed by atoms with Gasteiger partial charge in [-0.3, -0.25) is 9.67 Å². The Morgan fingerprint density at radius 2 is 1.71 bits per heavy atom. The van der Waals surface area contributed by atoms with E-state index in [2.05, 4.69) is 61.0 Å².